The third kappa shape index (κ3) is 4.24. The van der Waals surface area contributed by atoms with Gasteiger partial charge in [0.05, 0.1) is 4.90 Å². The first-order valence-corrected chi connectivity index (χ1v) is 11.4. The van der Waals surface area contributed by atoms with Crippen molar-refractivity contribution in [2.24, 2.45) is 5.92 Å². The summed E-state index contributed by atoms with van der Waals surface area (Å²) < 4.78 is 46.6. The number of para-hydroxylation sites is 1. The second-order valence-electron chi connectivity index (χ2n) is 7.65. The van der Waals surface area contributed by atoms with Crippen molar-refractivity contribution in [1.29, 1.82) is 0 Å². The van der Waals surface area contributed by atoms with Gasteiger partial charge in [-0.15, -0.1) is 0 Å². The Morgan fingerprint density at radius 3 is 2.60 bits per heavy atom. The van der Waals surface area contributed by atoms with Crippen LogP contribution in [-0.2, 0) is 10.0 Å². The number of fused-ring (bicyclic) bond motifs is 1. The molecular weight excluding hydrogens is 407 g/mol. The summed E-state index contributed by atoms with van der Waals surface area (Å²) in [5.41, 5.74) is 0.969. The predicted octanol–water partition coefficient (Wildman–Crippen LogP) is 3.71. The van der Waals surface area contributed by atoms with E-state index in [4.69, 9.17) is 4.42 Å². The van der Waals surface area contributed by atoms with Gasteiger partial charge in [-0.25, -0.2) is 17.5 Å². The Bertz CT molecular complexity index is 1150. The van der Waals surface area contributed by atoms with Crippen LogP contribution in [0.25, 0.3) is 11.0 Å². The molecule has 30 heavy (non-hydrogen) atoms. The topological polar surface area (TPSA) is 79.6 Å². The van der Waals surface area contributed by atoms with Gasteiger partial charge in [0.25, 0.3) is 5.91 Å². The van der Waals surface area contributed by atoms with Crippen LogP contribution in [0.3, 0.4) is 0 Å². The summed E-state index contributed by atoms with van der Waals surface area (Å²) in [6, 6.07) is 13.0. The van der Waals surface area contributed by atoms with E-state index in [0.717, 1.165) is 11.5 Å². The van der Waals surface area contributed by atoms with Gasteiger partial charge in [-0.2, -0.15) is 0 Å². The molecule has 0 saturated carbocycles. The number of piperidine rings is 1. The highest BCUT2D eigenvalue weighted by Crippen LogP contribution is 2.23. The Kier molecular flexibility index (Phi) is 5.62. The number of halogens is 1. The van der Waals surface area contributed by atoms with Gasteiger partial charge < -0.3 is 9.32 Å². The molecule has 1 aliphatic heterocycles. The number of hydrogen-bond donors (Lipinski definition) is 1. The highest BCUT2D eigenvalue weighted by molar-refractivity contribution is 7.89. The average Bonchev–Trinajstić information content (AvgIpc) is 3.18. The Labute approximate surface area is 174 Å². The second kappa shape index (κ2) is 8.20. The van der Waals surface area contributed by atoms with Crippen molar-refractivity contribution in [3.05, 3.63) is 65.7 Å². The van der Waals surface area contributed by atoms with Crippen LogP contribution in [0.2, 0.25) is 0 Å². The van der Waals surface area contributed by atoms with E-state index in [9.17, 15) is 17.6 Å². The quantitative estimate of drug-likeness (QED) is 0.669. The minimum Gasteiger partial charge on any atom is -0.451 e. The van der Waals surface area contributed by atoms with Crippen LogP contribution < -0.4 is 4.72 Å². The van der Waals surface area contributed by atoms with E-state index in [1.807, 2.05) is 24.3 Å². The van der Waals surface area contributed by atoms with E-state index < -0.39 is 15.8 Å². The van der Waals surface area contributed by atoms with Crippen molar-refractivity contribution in [3.63, 3.8) is 0 Å². The monoisotopic (exact) mass is 430 g/mol. The van der Waals surface area contributed by atoms with E-state index >= 15 is 0 Å². The Morgan fingerprint density at radius 2 is 1.90 bits per heavy atom. The molecule has 158 valence electrons. The van der Waals surface area contributed by atoms with E-state index in [0.29, 0.717) is 37.3 Å². The molecule has 2 aromatic carbocycles. The number of amides is 1. The number of rotatable bonds is 5. The summed E-state index contributed by atoms with van der Waals surface area (Å²) in [7, 11) is -3.70. The van der Waals surface area contributed by atoms with Gasteiger partial charge in [0, 0.05) is 25.0 Å². The molecule has 1 aromatic heterocycles. The largest absolute Gasteiger partial charge is 0.451 e. The molecule has 1 N–H and O–H groups in total. The van der Waals surface area contributed by atoms with Crippen molar-refractivity contribution in [2.45, 2.75) is 24.7 Å². The number of hydrogen-bond acceptors (Lipinski definition) is 4. The molecule has 1 fully saturated rings. The summed E-state index contributed by atoms with van der Waals surface area (Å²) in [5, 5.41) is 0.890. The first-order valence-electron chi connectivity index (χ1n) is 9.87. The van der Waals surface area contributed by atoms with Gasteiger partial charge in [0.15, 0.2) is 5.76 Å². The van der Waals surface area contributed by atoms with Crippen LogP contribution in [0, 0.1) is 18.7 Å². The highest BCUT2D eigenvalue weighted by Gasteiger charge is 2.27. The number of aryl methyl sites for hydroxylation is 1. The van der Waals surface area contributed by atoms with Crippen LogP contribution in [0.5, 0.6) is 0 Å². The second-order valence-corrected chi connectivity index (χ2v) is 9.41. The van der Waals surface area contributed by atoms with Gasteiger partial charge >= 0.3 is 0 Å². The number of nitrogens with one attached hydrogen (secondary N) is 1. The van der Waals surface area contributed by atoms with Gasteiger partial charge in [-0.05, 0) is 61.6 Å². The molecule has 0 unspecified atom stereocenters. The van der Waals surface area contributed by atoms with Crippen molar-refractivity contribution in [2.75, 3.05) is 19.6 Å². The molecule has 4 rings (SSSR count). The maximum atomic E-state index is 13.4. The first kappa shape index (κ1) is 20.6. The number of carbonyl (C=O) groups excluding carboxylic acids is 1. The third-order valence-electron chi connectivity index (χ3n) is 5.54. The van der Waals surface area contributed by atoms with Crippen molar-refractivity contribution in [3.8, 4) is 0 Å². The molecule has 1 saturated heterocycles. The number of furan rings is 1. The Balaban J connectivity index is 1.33. The summed E-state index contributed by atoms with van der Waals surface area (Å²) in [5.74, 6) is -0.134. The lowest BCUT2D eigenvalue weighted by Crippen LogP contribution is -2.41. The SMILES string of the molecule is Cc1cc(S(=O)(=O)NCC2CCN(C(=O)c3cc4ccccc4o3)CC2)ccc1F. The van der Waals surface area contributed by atoms with Crippen molar-refractivity contribution in [1.82, 2.24) is 9.62 Å². The van der Waals surface area contributed by atoms with Gasteiger partial charge in [0.2, 0.25) is 10.0 Å². The summed E-state index contributed by atoms with van der Waals surface area (Å²) in [6.45, 7) is 2.89. The van der Waals surface area contributed by atoms with Gasteiger partial charge in [-0.3, -0.25) is 4.79 Å². The Morgan fingerprint density at radius 1 is 1.17 bits per heavy atom. The molecule has 0 radical (unpaired) electrons. The van der Waals surface area contributed by atoms with E-state index in [2.05, 4.69) is 4.72 Å². The molecule has 0 atom stereocenters. The fraction of sp³-hybridized carbons (Fsp3) is 0.318. The van der Waals surface area contributed by atoms with Gasteiger partial charge in [0.1, 0.15) is 11.4 Å². The molecule has 3 aromatic rings. The molecule has 1 amide bonds. The van der Waals surface area contributed by atoms with Crippen LogP contribution >= 0.6 is 0 Å². The minimum absolute atomic E-state index is 0.0545. The maximum absolute atomic E-state index is 13.4. The first-order chi connectivity index (χ1) is 14.3. The zero-order valence-electron chi connectivity index (χ0n) is 16.6. The molecule has 8 heteroatoms. The van der Waals surface area contributed by atoms with Crippen molar-refractivity contribution >= 4 is 26.9 Å². The lowest BCUT2D eigenvalue weighted by molar-refractivity contribution is 0.0662. The highest BCUT2D eigenvalue weighted by atomic mass is 32.2. The smallest absolute Gasteiger partial charge is 0.289 e. The van der Waals surface area contributed by atoms with Crippen LogP contribution in [0.1, 0.15) is 29.0 Å². The molecule has 0 bridgehead atoms. The molecular formula is C22H23FN2O4S. The van der Waals surface area contributed by atoms with Crippen LogP contribution in [0.4, 0.5) is 4.39 Å². The zero-order chi connectivity index (χ0) is 21.3. The number of benzene rings is 2. The van der Waals surface area contributed by atoms with Crippen LogP contribution in [0.15, 0.2) is 57.8 Å². The maximum Gasteiger partial charge on any atom is 0.289 e. The molecule has 1 aliphatic rings. The number of sulfonamides is 1. The van der Waals surface area contributed by atoms with Gasteiger partial charge in [-0.1, -0.05) is 18.2 Å². The number of likely N-dealkylation sites (tertiary alicyclic amines) is 1. The third-order valence-corrected chi connectivity index (χ3v) is 6.96. The normalized spacial score (nSPS) is 15.6. The summed E-state index contributed by atoms with van der Waals surface area (Å²) >= 11 is 0. The van der Waals surface area contributed by atoms with Crippen molar-refractivity contribution < 1.29 is 22.0 Å². The fourth-order valence-corrected chi connectivity index (χ4v) is 4.88. The van der Waals surface area contributed by atoms with Crippen LogP contribution in [-0.4, -0.2) is 38.9 Å². The predicted molar refractivity (Wildman–Crippen MR) is 111 cm³/mol. The average molecular weight is 431 g/mol. The molecule has 0 aliphatic carbocycles. The standard InChI is InChI=1S/C22H23FN2O4S/c1-15-12-18(6-7-19(15)23)30(27,28)24-14-16-8-10-25(11-9-16)22(26)21-13-17-4-2-3-5-20(17)29-21/h2-7,12-13,16,24H,8-11,14H2,1H3. The lowest BCUT2D eigenvalue weighted by atomic mass is 9.97. The minimum atomic E-state index is -3.70. The number of nitrogens with zero attached hydrogens (tertiary/aromatic N) is 1. The van der Waals surface area contributed by atoms with E-state index in [1.54, 1.807) is 11.0 Å². The zero-order valence-corrected chi connectivity index (χ0v) is 17.4. The Hall–Kier alpha value is -2.71. The summed E-state index contributed by atoms with van der Waals surface area (Å²) in [4.78, 5) is 14.5. The van der Waals surface area contributed by atoms with E-state index in [1.165, 1.54) is 19.1 Å². The molecule has 6 nitrogen and oxygen atoms in total. The fourth-order valence-electron chi connectivity index (χ4n) is 3.68. The molecule has 0 spiro atoms. The molecule has 2 heterocycles. The number of carbonyl (C=O) groups is 1. The summed E-state index contributed by atoms with van der Waals surface area (Å²) in [6.07, 6.45) is 1.38. The van der Waals surface area contributed by atoms with E-state index in [-0.39, 0.29) is 28.8 Å². The lowest BCUT2D eigenvalue weighted by Gasteiger charge is -2.31.